The molecule has 0 fully saturated rings. The van der Waals surface area contributed by atoms with Gasteiger partial charge in [-0.05, 0) is 30.7 Å². The van der Waals surface area contributed by atoms with Crippen molar-refractivity contribution in [2.75, 3.05) is 7.11 Å². The van der Waals surface area contributed by atoms with Crippen LogP contribution < -0.4 is 16.0 Å². The van der Waals surface area contributed by atoms with Crippen molar-refractivity contribution in [1.29, 1.82) is 0 Å². The molecular weight excluding hydrogens is 272 g/mol. The molecule has 0 bridgehead atoms. The molecular formula is C15H18N2O4. The fourth-order valence-electron chi connectivity index (χ4n) is 1.89. The quantitative estimate of drug-likeness (QED) is 0.482. The number of nitrogens with one attached hydrogen (secondary N) is 1. The van der Waals surface area contributed by atoms with Crippen LogP contribution in [-0.4, -0.2) is 13.0 Å². The molecule has 2 aromatic rings. The minimum atomic E-state index is -0.461. The van der Waals surface area contributed by atoms with Crippen molar-refractivity contribution in [2.45, 2.75) is 20.1 Å². The highest BCUT2D eigenvalue weighted by molar-refractivity contribution is 5.91. The second-order valence-electron chi connectivity index (χ2n) is 4.51. The van der Waals surface area contributed by atoms with Gasteiger partial charge in [0.25, 0.3) is 0 Å². The lowest BCUT2D eigenvalue weighted by Crippen LogP contribution is -2.29. The van der Waals surface area contributed by atoms with Crippen molar-refractivity contribution in [3.63, 3.8) is 0 Å². The minimum Gasteiger partial charge on any atom is -0.497 e. The first kappa shape index (κ1) is 15.1. The van der Waals surface area contributed by atoms with Crippen LogP contribution in [0.15, 0.2) is 34.7 Å². The normalized spacial score (nSPS) is 10.4. The monoisotopic (exact) mass is 290 g/mol. The highest BCUT2D eigenvalue weighted by Crippen LogP contribution is 2.17. The van der Waals surface area contributed by atoms with Gasteiger partial charge in [-0.2, -0.15) is 0 Å². The molecule has 0 radical (unpaired) electrons. The Hall–Kier alpha value is -2.31. The summed E-state index contributed by atoms with van der Waals surface area (Å²) in [4.78, 5) is 11.4. The predicted molar refractivity (Wildman–Crippen MR) is 76.6 cm³/mol. The highest BCUT2D eigenvalue weighted by Gasteiger charge is 2.13. The average Bonchev–Trinajstić information content (AvgIpc) is 2.88. The summed E-state index contributed by atoms with van der Waals surface area (Å²) >= 11 is 0. The number of nitrogen functional groups attached to an aromatic ring is 1. The van der Waals surface area contributed by atoms with E-state index in [0.717, 1.165) is 16.9 Å². The molecule has 0 aliphatic rings. The molecule has 1 aromatic carbocycles. The maximum absolute atomic E-state index is 11.4. The van der Waals surface area contributed by atoms with E-state index in [1.54, 1.807) is 20.1 Å². The Bertz CT molecular complexity index is 622. The number of nitrogens with two attached hydrogens (primary N) is 1. The van der Waals surface area contributed by atoms with Crippen LogP contribution in [0.3, 0.4) is 0 Å². The van der Waals surface area contributed by atoms with Gasteiger partial charge in [-0.15, -0.1) is 0 Å². The number of carbonyl (C=O) groups excluding carboxylic acids is 1. The molecule has 1 heterocycles. The van der Waals surface area contributed by atoms with E-state index in [2.05, 4.69) is 0 Å². The number of hydrogen-bond donors (Lipinski definition) is 2. The van der Waals surface area contributed by atoms with E-state index in [0.29, 0.717) is 19.0 Å². The average molecular weight is 290 g/mol. The summed E-state index contributed by atoms with van der Waals surface area (Å²) < 4.78 is 16.1. The second kappa shape index (κ2) is 6.92. The Kier molecular flexibility index (Phi) is 4.97. The van der Waals surface area contributed by atoms with Crippen LogP contribution >= 0.6 is 0 Å². The zero-order valence-corrected chi connectivity index (χ0v) is 12.0. The Morgan fingerprint density at radius 1 is 1.33 bits per heavy atom. The van der Waals surface area contributed by atoms with Crippen LogP contribution in [0.4, 0.5) is 0 Å². The number of amides is 1. The molecule has 0 atom stereocenters. The van der Waals surface area contributed by atoms with Crippen molar-refractivity contribution < 1.29 is 18.7 Å². The Morgan fingerprint density at radius 2 is 2.14 bits per heavy atom. The topological polar surface area (TPSA) is 86.7 Å². The number of ether oxygens (including phenoxy) is 2. The van der Waals surface area contributed by atoms with Crippen LogP contribution in [0.1, 0.15) is 27.4 Å². The third-order valence-electron chi connectivity index (χ3n) is 3.04. The van der Waals surface area contributed by atoms with E-state index in [4.69, 9.17) is 19.7 Å². The number of hydrogen-bond acceptors (Lipinski definition) is 5. The summed E-state index contributed by atoms with van der Waals surface area (Å²) in [6.45, 7) is 2.57. The molecule has 6 heteroatoms. The van der Waals surface area contributed by atoms with Gasteiger partial charge in [-0.25, -0.2) is 5.84 Å². The summed E-state index contributed by atoms with van der Waals surface area (Å²) in [7, 11) is 1.62. The second-order valence-corrected chi connectivity index (χ2v) is 4.51. The van der Waals surface area contributed by atoms with E-state index >= 15 is 0 Å². The molecule has 2 rings (SSSR count). The van der Waals surface area contributed by atoms with Gasteiger partial charge in [0, 0.05) is 5.56 Å². The van der Waals surface area contributed by atoms with Crippen molar-refractivity contribution in [3.8, 4) is 5.75 Å². The van der Waals surface area contributed by atoms with Gasteiger partial charge in [0.1, 0.15) is 11.5 Å². The third kappa shape index (κ3) is 3.84. The lowest BCUT2D eigenvalue weighted by molar-refractivity contribution is 0.0924. The number of aryl methyl sites for hydroxylation is 1. The van der Waals surface area contributed by atoms with Gasteiger partial charge in [0.2, 0.25) is 0 Å². The van der Waals surface area contributed by atoms with E-state index in [-0.39, 0.29) is 5.76 Å². The standard InChI is InChI=1S/C15H18N2O4/c1-10-12(7-14(21-10)15(18)17-16)9-20-8-11-4-3-5-13(6-11)19-2/h3-7H,8-9,16H2,1-2H3,(H,17,18). The molecule has 21 heavy (non-hydrogen) atoms. The lowest BCUT2D eigenvalue weighted by Gasteiger charge is -2.05. The SMILES string of the molecule is COc1cccc(COCc2cc(C(=O)NN)oc2C)c1. The number of benzene rings is 1. The molecule has 0 unspecified atom stereocenters. The van der Waals surface area contributed by atoms with Crippen LogP contribution in [0.5, 0.6) is 5.75 Å². The summed E-state index contributed by atoms with van der Waals surface area (Å²) in [5.41, 5.74) is 3.85. The van der Waals surface area contributed by atoms with Crippen LogP contribution in [-0.2, 0) is 18.0 Å². The number of furan rings is 1. The zero-order valence-electron chi connectivity index (χ0n) is 12.0. The highest BCUT2D eigenvalue weighted by atomic mass is 16.5. The number of rotatable bonds is 6. The Balaban J connectivity index is 1.94. The third-order valence-corrected chi connectivity index (χ3v) is 3.04. The zero-order chi connectivity index (χ0) is 15.2. The number of carbonyl (C=O) groups is 1. The maximum atomic E-state index is 11.4. The summed E-state index contributed by atoms with van der Waals surface area (Å²) in [6, 6.07) is 9.28. The number of hydrazine groups is 1. The fourth-order valence-corrected chi connectivity index (χ4v) is 1.89. The molecule has 6 nitrogen and oxygen atoms in total. The fraction of sp³-hybridized carbons (Fsp3) is 0.267. The molecule has 0 aliphatic carbocycles. The Labute approximate surface area is 122 Å². The predicted octanol–water partition coefficient (Wildman–Crippen LogP) is 1.92. The summed E-state index contributed by atoms with van der Waals surface area (Å²) in [5.74, 6) is 6.21. The maximum Gasteiger partial charge on any atom is 0.300 e. The minimum absolute atomic E-state index is 0.176. The van der Waals surface area contributed by atoms with Gasteiger partial charge in [0.15, 0.2) is 5.76 Å². The van der Waals surface area contributed by atoms with Gasteiger partial charge >= 0.3 is 5.91 Å². The van der Waals surface area contributed by atoms with Crippen molar-refractivity contribution >= 4 is 5.91 Å². The van der Waals surface area contributed by atoms with E-state index in [9.17, 15) is 4.79 Å². The van der Waals surface area contributed by atoms with Gasteiger partial charge < -0.3 is 13.9 Å². The van der Waals surface area contributed by atoms with Crippen LogP contribution in [0, 0.1) is 6.92 Å². The van der Waals surface area contributed by atoms with Crippen molar-refractivity contribution in [3.05, 3.63) is 53.0 Å². The first-order valence-electron chi connectivity index (χ1n) is 6.45. The molecule has 1 aromatic heterocycles. The molecule has 112 valence electrons. The lowest BCUT2D eigenvalue weighted by atomic mass is 10.2. The molecule has 1 amide bonds. The summed E-state index contributed by atoms with van der Waals surface area (Å²) in [5, 5.41) is 0. The van der Waals surface area contributed by atoms with Crippen molar-refractivity contribution in [2.24, 2.45) is 5.84 Å². The van der Waals surface area contributed by atoms with Crippen LogP contribution in [0.25, 0.3) is 0 Å². The van der Waals surface area contributed by atoms with Crippen LogP contribution in [0.2, 0.25) is 0 Å². The smallest absolute Gasteiger partial charge is 0.300 e. The number of methoxy groups -OCH3 is 1. The Morgan fingerprint density at radius 3 is 2.86 bits per heavy atom. The van der Waals surface area contributed by atoms with E-state index < -0.39 is 5.91 Å². The van der Waals surface area contributed by atoms with Gasteiger partial charge in [0.05, 0.1) is 20.3 Å². The molecule has 0 spiro atoms. The largest absolute Gasteiger partial charge is 0.497 e. The molecule has 0 saturated carbocycles. The first-order valence-corrected chi connectivity index (χ1v) is 6.45. The molecule has 0 saturated heterocycles. The van der Waals surface area contributed by atoms with Crippen molar-refractivity contribution in [1.82, 2.24) is 5.43 Å². The molecule has 3 N–H and O–H groups in total. The summed E-state index contributed by atoms with van der Waals surface area (Å²) in [6.07, 6.45) is 0. The van der Waals surface area contributed by atoms with E-state index in [1.165, 1.54) is 0 Å². The first-order chi connectivity index (χ1) is 10.1. The van der Waals surface area contributed by atoms with E-state index in [1.807, 2.05) is 29.7 Å². The van der Waals surface area contributed by atoms with Gasteiger partial charge in [-0.1, -0.05) is 12.1 Å². The van der Waals surface area contributed by atoms with Gasteiger partial charge in [-0.3, -0.25) is 10.2 Å². The molecule has 0 aliphatic heterocycles.